The fourth-order valence-corrected chi connectivity index (χ4v) is 5.49. The predicted octanol–water partition coefficient (Wildman–Crippen LogP) is 5.30. The van der Waals surface area contributed by atoms with Gasteiger partial charge in [0.1, 0.15) is 4.90 Å². The lowest BCUT2D eigenvalue weighted by Gasteiger charge is -2.29. The van der Waals surface area contributed by atoms with Crippen molar-refractivity contribution >= 4 is 44.8 Å². The van der Waals surface area contributed by atoms with Gasteiger partial charge in [-0.2, -0.15) is 0 Å². The molecule has 3 aromatic rings. The summed E-state index contributed by atoms with van der Waals surface area (Å²) in [6, 6.07) is 17.4. The smallest absolute Gasteiger partial charge is 0.263 e. The van der Waals surface area contributed by atoms with Crippen molar-refractivity contribution < 1.29 is 13.2 Å². The summed E-state index contributed by atoms with van der Waals surface area (Å²) in [7, 11) is -3.90. The summed E-state index contributed by atoms with van der Waals surface area (Å²) >= 11 is 12.2. The van der Waals surface area contributed by atoms with Gasteiger partial charge in [0.2, 0.25) is 0 Å². The van der Waals surface area contributed by atoms with E-state index >= 15 is 0 Å². The van der Waals surface area contributed by atoms with Crippen LogP contribution in [0.25, 0.3) is 0 Å². The fourth-order valence-electron chi connectivity index (χ4n) is 3.60. The van der Waals surface area contributed by atoms with E-state index in [4.69, 9.17) is 23.2 Å². The van der Waals surface area contributed by atoms with E-state index < -0.39 is 10.0 Å². The second-order valence-electron chi connectivity index (χ2n) is 7.46. The Hall–Kier alpha value is -2.54. The molecule has 8 heteroatoms. The number of carbonyl (C=O) groups excluding carboxylic acids is 1. The maximum absolute atomic E-state index is 12.9. The minimum Gasteiger partial charge on any atom is -0.334 e. The number of amides is 1. The second-order valence-corrected chi connectivity index (χ2v) is 9.93. The minimum atomic E-state index is -3.90. The van der Waals surface area contributed by atoms with Gasteiger partial charge < -0.3 is 4.90 Å². The number of hydrogen-bond donors (Lipinski definition) is 1. The van der Waals surface area contributed by atoms with E-state index in [-0.39, 0.29) is 15.8 Å². The van der Waals surface area contributed by atoms with Crippen molar-refractivity contribution in [3.63, 3.8) is 0 Å². The van der Waals surface area contributed by atoms with Gasteiger partial charge in [0, 0.05) is 29.4 Å². The predicted molar refractivity (Wildman–Crippen MR) is 123 cm³/mol. The lowest BCUT2D eigenvalue weighted by atomic mass is 9.98. The summed E-state index contributed by atoms with van der Waals surface area (Å²) in [6.45, 7) is 2.75. The van der Waals surface area contributed by atoms with E-state index in [1.54, 1.807) is 36.1 Å². The Bertz CT molecular complexity index is 1260. The summed E-state index contributed by atoms with van der Waals surface area (Å²) in [4.78, 5) is 14.5. The highest BCUT2D eigenvalue weighted by atomic mass is 35.5. The molecule has 160 valence electrons. The third kappa shape index (κ3) is 4.56. The monoisotopic (exact) mass is 474 g/mol. The SMILES string of the molecule is Cc1cc(S(=O)(=O)Nc2ccc3c(c2)CN(C(=O)c2ccccc2)CC3)c(Cl)cc1Cl. The summed E-state index contributed by atoms with van der Waals surface area (Å²) < 4.78 is 28.4. The topological polar surface area (TPSA) is 66.5 Å². The zero-order valence-corrected chi connectivity index (χ0v) is 19.1. The normalized spacial score (nSPS) is 13.6. The molecule has 1 N–H and O–H groups in total. The van der Waals surface area contributed by atoms with Gasteiger partial charge in [-0.1, -0.05) is 47.5 Å². The molecule has 1 aliphatic heterocycles. The molecular formula is C23H20Cl2N2O3S. The highest BCUT2D eigenvalue weighted by Crippen LogP contribution is 2.30. The first kappa shape index (κ1) is 21.7. The number of rotatable bonds is 4. The van der Waals surface area contributed by atoms with Crippen LogP contribution in [0.4, 0.5) is 5.69 Å². The average Bonchev–Trinajstić information content (AvgIpc) is 2.75. The molecule has 0 aromatic heterocycles. The van der Waals surface area contributed by atoms with Crippen LogP contribution in [0.5, 0.6) is 0 Å². The minimum absolute atomic E-state index is 0.0327. The van der Waals surface area contributed by atoms with E-state index in [1.807, 2.05) is 24.3 Å². The summed E-state index contributed by atoms with van der Waals surface area (Å²) in [6.07, 6.45) is 0.711. The second kappa shape index (κ2) is 8.54. The van der Waals surface area contributed by atoms with E-state index in [1.165, 1.54) is 12.1 Å². The molecule has 1 aliphatic rings. The van der Waals surface area contributed by atoms with Crippen LogP contribution in [0, 0.1) is 6.92 Å². The van der Waals surface area contributed by atoms with Gasteiger partial charge in [-0.3, -0.25) is 9.52 Å². The first-order valence-corrected chi connectivity index (χ1v) is 11.9. The van der Waals surface area contributed by atoms with Crippen molar-refractivity contribution in [1.82, 2.24) is 4.90 Å². The molecule has 0 saturated carbocycles. The van der Waals surface area contributed by atoms with Crippen LogP contribution in [0.2, 0.25) is 10.0 Å². The number of nitrogens with one attached hydrogen (secondary N) is 1. The van der Waals surface area contributed by atoms with Crippen molar-refractivity contribution in [3.8, 4) is 0 Å². The van der Waals surface area contributed by atoms with Gasteiger partial charge in [0.25, 0.3) is 15.9 Å². The quantitative estimate of drug-likeness (QED) is 0.557. The number of benzene rings is 3. The molecular weight excluding hydrogens is 455 g/mol. The largest absolute Gasteiger partial charge is 0.334 e. The third-order valence-corrected chi connectivity index (χ3v) is 7.53. The number of fused-ring (bicyclic) bond motifs is 1. The van der Waals surface area contributed by atoms with Crippen molar-refractivity contribution in [2.24, 2.45) is 0 Å². The highest BCUT2D eigenvalue weighted by Gasteiger charge is 2.24. The molecule has 1 amide bonds. The zero-order chi connectivity index (χ0) is 22.2. The average molecular weight is 475 g/mol. The number of carbonyl (C=O) groups is 1. The molecule has 0 fully saturated rings. The van der Waals surface area contributed by atoms with E-state index in [2.05, 4.69) is 4.72 Å². The van der Waals surface area contributed by atoms with Crippen molar-refractivity contribution in [1.29, 1.82) is 0 Å². The highest BCUT2D eigenvalue weighted by molar-refractivity contribution is 7.92. The third-order valence-electron chi connectivity index (χ3n) is 5.28. The molecule has 0 saturated heterocycles. The van der Waals surface area contributed by atoms with Gasteiger partial charge in [0.15, 0.2) is 0 Å². The van der Waals surface area contributed by atoms with Crippen LogP contribution in [0.15, 0.2) is 65.6 Å². The molecule has 5 nitrogen and oxygen atoms in total. The number of halogens is 2. The number of sulfonamides is 1. The Labute approximate surface area is 191 Å². The van der Waals surface area contributed by atoms with Gasteiger partial charge >= 0.3 is 0 Å². The van der Waals surface area contributed by atoms with E-state index in [9.17, 15) is 13.2 Å². The van der Waals surface area contributed by atoms with Crippen LogP contribution >= 0.6 is 23.2 Å². The molecule has 1 heterocycles. The van der Waals surface area contributed by atoms with E-state index in [0.29, 0.717) is 41.3 Å². The maximum Gasteiger partial charge on any atom is 0.263 e. The summed E-state index contributed by atoms with van der Waals surface area (Å²) in [5.41, 5.74) is 3.67. The van der Waals surface area contributed by atoms with Crippen molar-refractivity contribution in [2.45, 2.75) is 24.8 Å². The molecule has 3 aromatic carbocycles. The molecule has 0 radical (unpaired) electrons. The van der Waals surface area contributed by atoms with Crippen LogP contribution < -0.4 is 4.72 Å². The first-order chi connectivity index (χ1) is 14.7. The van der Waals surface area contributed by atoms with Crippen LogP contribution in [-0.2, 0) is 23.0 Å². The number of anilines is 1. The van der Waals surface area contributed by atoms with Crippen LogP contribution in [0.1, 0.15) is 27.0 Å². The summed E-state index contributed by atoms with van der Waals surface area (Å²) in [5, 5.41) is 0.460. The number of aryl methyl sites for hydroxylation is 1. The summed E-state index contributed by atoms with van der Waals surface area (Å²) in [5.74, 6) is -0.0411. The zero-order valence-electron chi connectivity index (χ0n) is 16.7. The molecule has 31 heavy (non-hydrogen) atoms. The maximum atomic E-state index is 12.9. The standard InChI is InChI=1S/C23H20Cl2N2O3S/c1-15-11-22(21(25)13-20(15)24)31(29,30)26-19-8-7-16-9-10-27(14-18(16)12-19)23(28)17-5-3-2-4-6-17/h2-8,11-13,26H,9-10,14H2,1H3. The van der Waals surface area contributed by atoms with Crippen LogP contribution in [-0.4, -0.2) is 25.8 Å². The van der Waals surface area contributed by atoms with Gasteiger partial charge in [-0.15, -0.1) is 0 Å². The lowest BCUT2D eigenvalue weighted by molar-refractivity contribution is 0.0734. The lowest BCUT2D eigenvalue weighted by Crippen LogP contribution is -2.36. The molecule has 0 bridgehead atoms. The van der Waals surface area contributed by atoms with Gasteiger partial charge in [-0.25, -0.2) is 8.42 Å². The first-order valence-electron chi connectivity index (χ1n) is 9.69. The van der Waals surface area contributed by atoms with E-state index in [0.717, 1.165) is 11.1 Å². The molecule has 0 unspecified atom stereocenters. The van der Waals surface area contributed by atoms with Gasteiger partial charge in [0.05, 0.1) is 5.02 Å². The fraction of sp³-hybridized carbons (Fsp3) is 0.174. The van der Waals surface area contributed by atoms with Crippen LogP contribution in [0.3, 0.4) is 0 Å². The van der Waals surface area contributed by atoms with Gasteiger partial charge in [-0.05, 0) is 66.4 Å². The molecule has 0 atom stereocenters. The Morgan fingerprint density at radius 1 is 0.968 bits per heavy atom. The number of hydrogen-bond acceptors (Lipinski definition) is 3. The Balaban J connectivity index is 1.58. The molecule has 4 rings (SSSR count). The Morgan fingerprint density at radius 3 is 2.45 bits per heavy atom. The number of nitrogens with zero attached hydrogens (tertiary/aromatic N) is 1. The molecule has 0 spiro atoms. The Kier molecular flexibility index (Phi) is 5.97. The Morgan fingerprint density at radius 2 is 1.71 bits per heavy atom. The molecule has 0 aliphatic carbocycles. The van der Waals surface area contributed by atoms with Crippen molar-refractivity contribution in [2.75, 3.05) is 11.3 Å². The van der Waals surface area contributed by atoms with Crippen molar-refractivity contribution in [3.05, 3.63) is 93.0 Å².